The number of carbonyl (C=O) groups excluding carboxylic acids is 1. The minimum absolute atomic E-state index is 0.0686. The van der Waals surface area contributed by atoms with Crippen molar-refractivity contribution in [3.05, 3.63) is 47.4 Å². The summed E-state index contributed by atoms with van der Waals surface area (Å²) in [6.45, 7) is 3.50. The lowest BCUT2D eigenvalue weighted by Crippen LogP contribution is -2.32. The highest BCUT2D eigenvalue weighted by molar-refractivity contribution is 5.95. The number of fused-ring (bicyclic) bond motifs is 1. The number of rotatable bonds is 4. The molecule has 29 heavy (non-hydrogen) atoms. The Hall–Kier alpha value is -3.43. The van der Waals surface area contributed by atoms with Crippen LogP contribution in [0.1, 0.15) is 35.7 Å². The maximum absolute atomic E-state index is 13.2. The van der Waals surface area contributed by atoms with Gasteiger partial charge in [0.2, 0.25) is 5.82 Å². The van der Waals surface area contributed by atoms with Gasteiger partial charge in [-0.3, -0.25) is 14.4 Å². The fourth-order valence-electron chi connectivity index (χ4n) is 2.76. The van der Waals surface area contributed by atoms with Crippen molar-refractivity contribution in [1.29, 1.82) is 0 Å². The number of imidazole rings is 1. The van der Waals surface area contributed by atoms with Crippen LogP contribution in [0.25, 0.3) is 16.9 Å². The van der Waals surface area contributed by atoms with Gasteiger partial charge in [-0.25, -0.2) is 9.97 Å². The van der Waals surface area contributed by atoms with E-state index in [0.29, 0.717) is 11.3 Å². The fraction of sp³-hybridized carbons (Fsp3) is 0.263. The molecule has 2 aromatic heterocycles. The van der Waals surface area contributed by atoms with Gasteiger partial charge in [-0.2, -0.15) is 13.2 Å². The number of aromatic nitrogens is 3. The number of hydrogen-bond donors (Lipinski definition) is 2. The Morgan fingerprint density at radius 1 is 1.24 bits per heavy atom. The largest absolute Gasteiger partial charge is 0.507 e. The number of aliphatic imine (C=N–C) groups is 1. The average molecular weight is 405 g/mol. The first kappa shape index (κ1) is 20.3. The van der Waals surface area contributed by atoms with E-state index in [1.54, 1.807) is 13.8 Å². The van der Waals surface area contributed by atoms with Gasteiger partial charge < -0.3 is 10.4 Å². The van der Waals surface area contributed by atoms with E-state index in [2.05, 4.69) is 20.3 Å². The Bertz CT molecular complexity index is 1100. The van der Waals surface area contributed by atoms with Crippen LogP contribution >= 0.6 is 0 Å². The van der Waals surface area contributed by atoms with Crippen LogP contribution in [0, 0.1) is 0 Å². The van der Waals surface area contributed by atoms with Crippen LogP contribution in [0.5, 0.6) is 5.75 Å². The quantitative estimate of drug-likeness (QED) is 0.652. The van der Waals surface area contributed by atoms with Crippen molar-refractivity contribution in [3.8, 4) is 11.4 Å². The molecule has 0 radical (unpaired) electrons. The number of nitrogens with zero attached hydrogens (tertiary/aromatic N) is 4. The molecule has 0 unspecified atom stereocenters. The van der Waals surface area contributed by atoms with Crippen molar-refractivity contribution in [2.75, 3.05) is 7.05 Å². The summed E-state index contributed by atoms with van der Waals surface area (Å²) in [6.07, 6.45) is -3.26. The van der Waals surface area contributed by atoms with Crippen molar-refractivity contribution < 1.29 is 23.1 Å². The van der Waals surface area contributed by atoms with Gasteiger partial charge in [-0.15, -0.1) is 0 Å². The first-order valence-corrected chi connectivity index (χ1v) is 8.65. The summed E-state index contributed by atoms with van der Waals surface area (Å²) >= 11 is 0. The van der Waals surface area contributed by atoms with Crippen LogP contribution in [-0.2, 0) is 6.18 Å². The predicted octanol–water partition coefficient (Wildman–Crippen LogP) is 3.33. The lowest BCUT2D eigenvalue weighted by molar-refractivity contribution is -0.141. The highest BCUT2D eigenvalue weighted by Gasteiger charge is 2.33. The second-order valence-electron chi connectivity index (χ2n) is 6.57. The van der Waals surface area contributed by atoms with Crippen LogP contribution in [0.4, 0.5) is 13.2 Å². The SMILES string of the molecule is CN=Cc1cc(-n2c(C(=O)NC(C)C)nc3ccc(C(F)(F)F)nc32)ccc1O. The number of carbonyl (C=O) groups is 1. The zero-order chi connectivity index (χ0) is 21.3. The maximum atomic E-state index is 13.2. The average Bonchev–Trinajstić information content (AvgIpc) is 3.01. The summed E-state index contributed by atoms with van der Waals surface area (Å²) in [5.41, 5.74) is -0.462. The van der Waals surface area contributed by atoms with Crippen LogP contribution < -0.4 is 5.32 Å². The van der Waals surface area contributed by atoms with Crippen molar-refractivity contribution >= 4 is 23.3 Å². The number of hydrogen-bond acceptors (Lipinski definition) is 5. The van der Waals surface area contributed by atoms with Crippen molar-refractivity contribution in [2.45, 2.75) is 26.1 Å². The molecule has 1 amide bonds. The smallest absolute Gasteiger partial charge is 0.433 e. The molecule has 2 N–H and O–H groups in total. The summed E-state index contributed by atoms with van der Waals surface area (Å²) in [5, 5.41) is 12.6. The molecule has 7 nitrogen and oxygen atoms in total. The van der Waals surface area contributed by atoms with Gasteiger partial charge in [0.15, 0.2) is 5.65 Å². The molecular formula is C19H18F3N5O2. The predicted molar refractivity (Wildman–Crippen MR) is 102 cm³/mol. The van der Waals surface area contributed by atoms with Gasteiger partial charge in [-0.05, 0) is 44.2 Å². The molecule has 0 atom stereocenters. The summed E-state index contributed by atoms with van der Waals surface area (Å²) in [4.78, 5) is 24.4. The highest BCUT2D eigenvalue weighted by Crippen LogP contribution is 2.30. The molecule has 0 saturated heterocycles. The molecule has 10 heteroatoms. The summed E-state index contributed by atoms with van der Waals surface area (Å²) < 4.78 is 40.8. The first-order valence-electron chi connectivity index (χ1n) is 8.65. The fourth-order valence-corrected chi connectivity index (χ4v) is 2.76. The maximum Gasteiger partial charge on any atom is 0.433 e. The van der Waals surface area contributed by atoms with Crippen molar-refractivity contribution in [3.63, 3.8) is 0 Å². The van der Waals surface area contributed by atoms with Gasteiger partial charge in [0.05, 0.1) is 5.69 Å². The second kappa shape index (κ2) is 7.53. The van der Waals surface area contributed by atoms with E-state index in [1.165, 1.54) is 42.1 Å². The van der Waals surface area contributed by atoms with Crippen LogP contribution in [0.2, 0.25) is 0 Å². The number of phenols is 1. The van der Waals surface area contributed by atoms with E-state index >= 15 is 0 Å². The molecule has 0 aliphatic heterocycles. The van der Waals surface area contributed by atoms with E-state index in [9.17, 15) is 23.1 Å². The zero-order valence-electron chi connectivity index (χ0n) is 15.8. The molecule has 0 aliphatic rings. The Morgan fingerprint density at radius 2 is 1.97 bits per heavy atom. The Morgan fingerprint density at radius 3 is 2.59 bits per heavy atom. The van der Waals surface area contributed by atoms with E-state index in [0.717, 1.165) is 6.07 Å². The third-order valence-electron chi connectivity index (χ3n) is 3.96. The normalized spacial score (nSPS) is 12.2. The molecule has 2 heterocycles. The van der Waals surface area contributed by atoms with E-state index in [-0.39, 0.29) is 28.8 Å². The van der Waals surface area contributed by atoms with Crippen LogP contribution in [-0.4, -0.2) is 44.9 Å². The Kier molecular flexibility index (Phi) is 5.27. The van der Waals surface area contributed by atoms with E-state index in [4.69, 9.17) is 0 Å². The number of phenolic OH excluding ortho intramolecular Hbond substituents is 1. The molecule has 1 aromatic carbocycles. The van der Waals surface area contributed by atoms with Gasteiger partial charge in [-0.1, -0.05) is 0 Å². The lowest BCUT2D eigenvalue weighted by Gasteiger charge is -2.12. The monoisotopic (exact) mass is 405 g/mol. The molecule has 0 aliphatic carbocycles. The molecule has 3 rings (SSSR count). The van der Waals surface area contributed by atoms with E-state index < -0.39 is 17.8 Å². The number of halogens is 3. The summed E-state index contributed by atoms with van der Waals surface area (Å²) in [6, 6.07) is 6.07. The molecule has 0 saturated carbocycles. The van der Waals surface area contributed by atoms with Gasteiger partial charge in [0.25, 0.3) is 5.91 Å². The molecule has 0 fully saturated rings. The zero-order valence-corrected chi connectivity index (χ0v) is 15.8. The first-order chi connectivity index (χ1) is 13.6. The molecule has 3 aromatic rings. The van der Waals surface area contributed by atoms with Crippen LogP contribution in [0.15, 0.2) is 35.3 Å². The molecule has 0 spiro atoms. The number of pyridine rings is 1. The number of nitrogens with one attached hydrogen (secondary N) is 1. The van der Waals surface area contributed by atoms with Crippen molar-refractivity contribution in [2.24, 2.45) is 4.99 Å². The third kappa shape index (κ3) is 4.05. The number of aromatic hydroxyl groups is 1. The third-order valence-corrected chi connectivity index (χ3v) is 3.96. The van der Waals surface area contributed by atoms with Gasteiger partial charge >= 0.3 is 6.18 Å². The molecular weight excluding hydrogens is 387 g/mol. The topological polar surface area (TPSA) is 92.4 Å². The minimum atomic E-state index is -4.65. The minimum Gasteiger partial charge on any atom is -0.507 e. The second-order valence-corrected chi connectivity index (χ2v) is 6.57. The summed E-state index contributed by atoms with van der Waals surface area (Å²) in [7, 11) is 1.51. The van der Waals surface area contributed by atoms with Crippen molar-refractivity contribution in [1.82, 2.24) is 19.9 Å². The van der Waals surface area contributed by atoms with Crippen LogP contribution in [0.3, 0.4) is 0 Å². The number of amides is 1. The van der Waals surface area contributed by atoms with Gasteiger partial charge in [0.1, 0.15) is 17.0 Å². The number of benzene rings is 1. The summed E-state index contributed by atoms with van der Waals surface area (Å²) in [5.74, 6) is -0.753. The molecule has 152 valence electrons. The van der Waals surface area contributed by atoms with E-state index in [1.807, 2.05) is 0 Å². The lowest BCUT2D eigenvalue weighted by atomic mass is 10.2. The standard InChI is InChI=1S/C19H18F3N5O2/c1-10(2)24-18(29)17-25-13-5-7-15(19(20,21)22)26-16(13)27(17)12-4-6-14(28)11(8-12)9-23-3/h4-10,28H,1-3H3,(H,24,29). The Labute approximate surface area is 163 Å². The highest BCUT2D eigenvalue weighted by atomic mass is 19.4. The Balaban J connectivity index is 2.31. The molecule has 0 bridgehead atoms. The number of alkyl halides is 3. The van der Waals surface area contributed by atoms with Gasteiger partial charge in [0, 0.05) is 24.9 Å².